The van der Waals surface area contributed by atoms with Crippen LogP contribution in [-0.4, -0.2) is 182 Å². The standard InChI is InChI=1S/C67H102N8O14/c1-13-68-55(44-50-24-18-15-19-25-50)60(76)71-56(42-48(2)3)63(79)89-58(47-75(10,74-62(78)59(67(7,8)9)73-64(80)83-12)46-51-27-29-52(30-28-51)53-26-20-21-31-69-53)54(43-49-22-16-14-17-23-49)70-61(77)57(45-66(4,5)6)72-65(81)88-41-40-87-39-38-86-37-36-85-35-34-84-33-32-82-11/h14,16-18,20-31,48,54-59,68H,13,15,19,32-47H2,1-12H3,(H4-,70,71,72,73,74,76,77,78,80,81)/p+1. The number of hydrogen-bond acceptors (Lipinski definition) is 16. The number of aromatic nitrogens is 1. The highest BCUT2D eigenvalue weighted by atomic mass is 16.6. The van der Waals surface area contributed by atoms with E-state index in [0.717, 1.165) is 40.8 Å². The number of rotatable bonds is 40. The van der Waals surface area contributed by atoms with Gasteiger partial charge in [0.15, 0.2) is 6.10 Å². The van der Waals surface area contributed by atoms with Crippen LogP contribution in [0.2, 0.25) is 0 Å². The van der Waals surface area contributed by atoms with Gasteiger partial charge in [0.25, 0.3) is 5.91 Å². The number of quaternary nitrogens is 1. The van der Waals surface area contributed by atoms with Crippen molar-refractivity contribution in [1.82, 2.24) is 37.0 Å². The molecule has 1 aliphatic rings. The summed E-state index contributed by atoms with van der Waals surface area (Å²) in [6.07, 6.45) is 7.63. The molecule has 0 saturated carbocycles. The van der Waals surface area contributed by atoms with Crippen LogP contribution in [0.3, 0.4) is 0 Å². The van der Waals surface area contributed by atoms with E-state index in [9.17, 15) is 19.2 Å². The summed E-state index contributed by atoms with van der Waals surface area (Å²) in [5.74, 6) is -2.41. The van der Waals surface area contributed by atoms with Crippen molar-refractivity contribution in [2.45, 2.75) is 144 Å². The lowest BCUT2D eigenvalue weighted by Crippen LogP contribution is -2.67. The van der Waals surface area contributed by atoms with E-state index in [1.807, 2.05) is 141 Å². The van der Waals surface area contributed by atoms with Crippen LogP contribution < -0.4 is 32.0 Å². The second-order valence-corrected chi connectivity index (χ2v) is 25.1. The van der Waals surface area contributed by atoms with Crippen LogP contribution in [0.5, 0.6) is 0 Å². The first-order valence-corrected chi connectivity index (χ1v) is 31.1. The molecule has 1 aliphatic carbocycles. The third-order valence-electron chi connectivity index (χ3n) is 14.3. The van der Waals surface area contributed by atoms with Crippen molar-refractivity contribution in [2.24, 2.45) is 16.7 Å². The largest absolute Gasteiger partial charge is 0.453 e. The molecule has 22 heteroatoms. The molecule has 7 atom stereocenters. The summed E-state index contributed by atoms with van der Waals surface area (Å²) in [7, 11) is 4.60. The zero-order valence-corrected chi connectivity index (χ0v) is 54.8. The number of hydrogen-bond donors (Lipinski definition) is 6. The zero-order chi connectivity index (χ0) is 65.2. The second kappa shape index (κ2) is 39.4. The molecule has 22 nitrogen and oxygen atoms in total. The number of benzene rings is 2. The average Bonchev–Trinajstić information content (AvgIpc) is 3.45. The van der Waals surface area contributed by atoms with E-state index in [0.29, 0.717) is 59.2 Å². The summed E-state index contributed by atoms with van der Waals surface area (Å²) >= 11 is 0. The molecule has 1 aromatic heterocycles. The summed E-state index contributed by atoms with van der Waals surface area (Å²) in [5, 5.41) is 15.1. The molecule has 89 heavy (non-hydrogen) atoms. The minimum atomic E-state index is -1.28. The van der Waals surface area contributed by atoms with Crippen molar-refractivity contribution < 1.29 is 71.3 Å². The van der Waals surface area contributed by atoms with Crippen molar-refractivity contribution >= 4 is 35.9 Å². The predicted molar refractivity (Wildman–Crippen MR) is 341 cm³/mol. The van der Waals surface area contributed by atoms with Gasteiger partial charge in [0.05, 0.1) is 91.4 Å². The summed E-state index contributed by atoms with van der Waals surface area (Å²) in [4.78, 5) is 91.1. The molecule has 0 bridgehead atoms. The maximum absolute atomic E-state index is 15.4. The van der Waals surface area contributed by atoms with Gasteiger partial charge in [-0.3, -0.25) is 19.4 Å². The minimum absolute atomic E-state index is 0.0646. The van der Waals surface area contributed by atoms with Crippen molar-refractivity contribution in [1.29, 1.82) is 0 Å². The molecule has 2 aromatic carbocycles. The number of nitrogens with one attached hydrogen (secondary N) is 6. The van der Waals surface area contributed by atoms with Crippen molar-refractivity contribution in [2.75, 3.05) is 100 Å². The van der Waals surface area contributed by atoms with Crippen LogP contribution in [0.15, 0.2) is 103 Å². The lowest BCUT2D eigenvalue weighted by molar-refractivity contribution is -0.958. The molecule has 0 fully saturated rings. The van der Waals surface area contributed by atoms with Gasteiger partial charge in [-0.25, -0.2) is 19.0 Å². The summed E-state index contributed by atoms with van der Waals surface area (Å²) in [6, 6.07) is 17.5. The number of nitrogens with zero attached hydrogens (tertiary/aromatic N) is 2. The van der Waals surface area contributed by atoms with Crippen LogP contribution >= 0.6 is 0 Å². The lowest BCUT2D eigenvalue weighted by atomic mass is 9.86. The van der Waals surface area contributed by atoms with Crippen molar-refractivity contribution in [3.8, 4) is 11.3 Å². The topological polar surface area (TPSA) is 261 Å². The Hall–Kier alpha value is -6.79. The SMILES string of the molecule is CCNC(CC1=CCCC=C1)C(=O)NC(CC(C)C)C(=O)OC(C[N+](C)(Cc1ccc(-c2ccccn2)cc1)NC(=O)C(NC(=O)OC)C(C)(C)C)C(Cc1ccccc1)NC(=O)C(CC(C)(C)C)NC(=O)OCCOCCOCCOCCOCCOC. The Kier molecular flexibility index (Phi) is 33.0. The number of carbonyl (C=O) groups excluding carboxylic acids is 6. The number of esters is 1. The number of amides is 5. The van der Waals surface area contributed by atoms with Gasteiger partial charge in [-0.15, -0.1) is 0 Å². The molecular weight excluding hydrogens is 1140 g/mol. The Bertz CT molecular complexity index is 2650. The number of methoxy groups -OCH3 is 2. The molecular formula is C67H103N8O14+. The summed E-state index contributed by atoms with van der Waals surface area (Å²) in [6.45, 7) is 20.6. The number of ether oxygens (including phenoxy) is 8. The smallest absolute Gasteiger partial charge is 0.407 e. The first-order chi connectivity index (χ1) is 42.4. The van der Waals surface area contributed by atoms with Gasteiger partial charge in [-0.1, -0.05) is 147 Å². The molecule has 3 aromatic rings. The van der Waals surface area contributed by atoms with E-state index in [1.165, 1.54) is 7.11 Å². The van der Waals surface area contributed by atoms with E-state index in [4.69, 9.17) is 37.9 Å². The van der Waals surface area contributed by atoms with E-state index < -0.39 is 77.1 Å². The molecule has 4 rings (SSSR count). The highest BCUT2D eigenvalue weighted by molar-refractivity contribution is 5.89. The van der Waals surface area contributed by atoms with Gasteiger partial charge < -0.3 is 64.5 Å². The number of likely N-dealkylation sites (N-methyl/N-ethyl adjacent to an activating group) is 2. The molecule has 0 radical (unpaired) electrons. The quantitative estimate of drug-likeness (QED) is 0.0106. The molecule has 0 aliphatic heterocycles. The van der Waals surface area contributed by atoms with Gasteiger partial charge in [0, 0.05) is 24.4 Å². The van der Waals surface area contributed by atoms with E-state index >= 15 is 9.59 Å². The normalized spacial score (nSPS) is 15.2. The zero-order valence-electron chi connectivity index (χ0n) is 54.8. The first-order valence-electron chi connectivity index (χ1n) is 31.1. The van der Waals surface area contributed by atoms with Crippen molar-refractivity contribution in [3.63, 3.8) is 0 Å². The molecule has 494 valence electrons. The van der Waals surface area contributed by atoms with Crippen LogP contribution in [0.1, 0.15) is 106 Å². The fourth-order valence-corrected chi connectivity index (χ4v) is 9.97. The second-order valence-electron chi connectivity index (χ2n) is 25.1. The molecule has 0 spiro atoms. The molecule has 6 N–H and O–H groups in total. The lowest BCUT2D eigenvalue weighted by Gasteiger charge is -2.41. The Labute approximate surface area is 528 Å². The van der Waals surface area contributed by atoms with Crippen LogP contribution in [-0.2, 0) is 70.0 Å². The van der Waals surface area contributed by atoms with Crippen molar-refractivity contribution in [3.05, 3.63) is 114 Å². The highest BCUT2D eigenvalue weighted by Gasteiger charge is 2.43. The number of pyridine rings is 1. The molecule has 1 heterocycles. The van der Waals surface area contributed by atoms with E-state index in [1.54, 1.807) is 20.4 Å². The highest BCUT2D eigenvalue weighted by Crippen LogP contribution is 2.26. The Morgan fingerprint density at radius 2 is 1.26 bits per heavy atom. The third kappa shape index (κ3) is 29.6. The molecule has 7 unspecified atom stereocenters. The van der Waals surface area contributed by atoms with E-state index in [2.05, 4.69) is 49.1 Å². The predicted octanol–water partition coefficient (Wildman–Crippen LogP) is 7.56. The molecule has 0 saturated heterocycles. The van der Waals surface area contributed by atoms with Crippen LogP contribution in [0.4, 0.5) is 9.59 Å². The Morgan fingerprint density at radius 1 is 0.640 bits per heavy atom. The molecule has 5 amide bonds. The van der Waals surface area contributed by atoms with Gasteiger partial charge in [-0.2, -0.15) is 5.43 Å². The summed E-state index contributed by atoms with van der Waals surface area (Å²) < 4.78 is 44.1. The van der Waals surface area contributed by atoms with Gasteiger partial charge in [-0.05, 0) is 79.5 Å². The van der Waals surface area contributed by atoms with Crippen LogP contribution in [0.25, 0.3) is 11.3 Å². The van der Waals surface area contributed by atoms with E-state index in [-0.39, 0.29) is 68.6 Å². The number of carbonyl (C=O) groups is 6. The average molecular weight is 1240 g/mol. The monoisotopic (exact) mass is 1240 g/mol. The number of alkyl carbamates (subject to hydrolysis) is 2. The van der Waals surface area contributed by atoms with Crippen LogP contribution in [0, 0.1) is 16.7 Å². The minimum Gasteiger partial charge on any atom is -0.453 e. The summed E-state index contributed by atoms with van der Waals surface area (Å²) in [5.41, 5.74) is 6.02. The fraction of sp³-hybridized carbons (Fsp3) is 0.597. The Morgan fingerprint density at radius 3 is 1.81 bits per heavy atom. The fourth-order valence-electron chi connectivity index (χ4n) is 9.97. The van der Waals surface area contributed by atoms with Gasteiger partial charge in [0.1, 0.15) is 37.8 Å². The van der Waals surface area contributed by atoms with Gasteiger partial charge in [0.2, 0.25) is 11.8 Å². The van der Waals surface area contributed by atoms with Gasteiger partial charge >= 0.3 is 18.2 Å². The first kappa shape index (κ1) is 74.7. The number of allylic oxidation sites excluding steroid dienone is 3. The maximum atomic E-state index is 15.4. The third-order valence-corrected chi connectivity index (χ3v) is 14.3. The Balaban J connectivity index is 1.75. The maximum Gasteiger partial charge on any atom is 0.407 e.